The van der Waals surface area contributed by atoms with Crippen LogP contribution in [-0.2, 0) is 7.05 Å². The van der Waals surface area contributed by atoms with Crippen molar-refractivity contribution in [3.8, 4) is 0 Å². The maximum atomic E-state index is 2.50. The van der Waals surface area contributed by atoms with E-state index in [1.165, 1.54) is 58.8 Å². The molecule has 4 rings (SSSR count). The summed E-state index contributed by atoms with van der Waals surface area (Å²) >= 11 is 1.82. The molecule has 1 fully saturated rings. The van der Waals surface area contributed by atoms with E-state index in [9.17, 15) is 0 Å². The minimum Gasteiger partial charge on any atom is -1.00 e. The standard InChI is InChI=1S/C23H25N2S.HI/c1-24-21-10-4-5-11-22(21)26-23(24)12-6-3-9-19-13-15-20(16-14-19)25-17-7-2-8-18-25;/h3-6,9-16H,2,7-8,17-18H2,1H3;1H/q+1;/p-1. The number of allylic oxidation sites excluding steroid dienone is 2. The van der Waals surface area contributed by atoms with Gasteiger partial charge in [-0.3, -0.25) is 0 Å². The summed E-state index contributed by atoms with van der Waals surface area (Å²) in [6.45, 7) is 2.40. The number of benzene rings is 2. The number of hydrogen-bond donors (Lipinski definition) is 0. The Morgan fingerprint density at radius 3 is 2.33 bits per heavy atom. The summed E-state index contributed by atoms with van der Waals surface area (Å²) in [6, 6.07) is 17.5. The summed E-state index contributed by atoms with van der Waals surface area (Å²) in [5.41, 5.74) is 3.89. The Hall–Kier alpha value is -1.66. The van der Waals surface area contributed by atoms with Crippen LogP contribution in [0.2, 0.25) is 0 Å². The van der Waals surface area contributed by atoms with Crippen LogP contribution in [0.5, 0.6) is 0 Å². The van der Waals surface area contributed by atoms with Crippen LogP contribution in [0.25, 0.3) is 22.4 Å². The summed E-state index contributed by atoms with van der Waals surface area (Å²) in [6.07, 6.45) is 12.6. The van der Waals surface area contributed by atoms with Gasteiger partial charge in [0.05, 0.1) is 0 Å². The van der Waals surface area contributed by atoms with E-state index in [2.05, 4.69) is 89.3 Å². The summed E-state index contributed by atoms with van der Waals surface area (Å²) < 4.78 is 3.57. The lowest BCUT2D eigenvalue weighted by Gasteiger charge is -2.28. The predicted octanol–water partition coefficient (Wildman–Crippen LogP) is 2.45. The van der Waals surface area contributed by atoms with E-state index in [4.69, 9.17) is 0 Å². The highest BCUT2D eigenvalue weighted by atomic mass is 127. The molecule has 0 radical (unpaired) electrons. The number of halogens is 1. The largest absolute Gasteiger partial charge is 1.00 e. The third-order valence-electron chi connectivity index (χ3n) is 5.02. The lowest BCUT2D eigenvalue weighted by molar-refractivity contribution is -0.642. The number of thiazole rings is 1. The number of piperidine rings is 1. The Kier molecular flexibility index (Phi) is 7.07. The third kappa shape index (κ3) is 4.79. The van der Waals surface area contributed by atoms with Gasteiger partial charge in [0, 0.05) is 30.9 Å². The van der Waals surface area contributed by atoms with Crippen molar-refractivity contribution < 1.29 is 28.5 Å². The first-order chi connectivity index (χ1) is 12.8. The zero-order chi connectivity index (χ0) is 17.8. The van der Waals surface area contributed by atoms with Crippen LogP contribution in [0.4, 0.5) is 5.69 Å². The van der Waals surface area contributed by atoms with Crippen LogP contribution in [0.1, 0.15) is 29.8 Å². The van der Waals surface area contributed by atoms with Crippen LogP contribution < -0.4 is 33.4 Å². The maximum Gasteiger partial charge on any atom is 0.262 e. The van der Waals surface area contributed by atoms with Crippen LogP contribution in [-0.4, -0.2) is 13.1 Å². The SMILES string of the molecule is C[n+]1c(C=CC=Cc2ccc(N3CCCCC3)cc2)sc2ccccc21.[I-]. The van der Waals surface area contributed by atoms with Gasteiger partial charge in [0.2, 0.25) is 5.52 Å². The lowest BCUT2D eigenvalue weighted by atomic mass is 10.1. The molecule has 4 heteroatoms. The predicted molar refractivity (Wildman–Crippen MR) is 114 cm³/mol. The molecule has 0 aliphatic carbocycles. The highest BCUT2D eigenvalue weighted by Gasteiger charge is 2.13. The monoisotopic (exact) mass is 488 g/mol. The van der Waals surface area contributed by atoms with Gasteiger partial charge in [0.1, 0.15) is 11.7 Å². The number of anilines is 1. The van der Waals surface area contributed by atoms with E-state index in [-0.39, 0.29) is 24.0 Å². The van der Waals surface area contributed by atoms with E-state index < -0.39 is 0 Å². The fourth-order valence-electron chi connectivity index (χ4n) is 3.52. The van der Waals surface area contributed by atoms with Gasteiger partial charge in [-0.1, -0.05) is 53.8 Å². The number of hydrogen-bond acceptors (Lipinski definition) is 2. The minimum absolute atomic E-state index is 0. The second kappa shape index (κ2) is 9.51. The summed E-state index contributed by atoms with van der Waals surface area (Å²) in [5, 5.41) is 1.26. The molecule has 1 aliphatic rings. The Morgan fingerprint density at radius 1 is 0.889 bits per heavy atom. The first-order valence-corrected chi connectivity index (χ1v) is 10.2. The first kappa shape index (κ1) is 20.1. The molecule has 2 nitrogen and oxygen atoms in total. The smallest absolute Gasteiger partial charge is 0.262 e. The van der Waals surface area contributed by atoms with Gasteiger partial charge >= 0.3 is 0 Å². The summed E-state index contributed by atoms with van der Waals surface area (Å²) in [5.74, 6) is 0. The molecule has 2 aromatic carbocycles. The van der Waals surface area contributed by atoms with Gasteiger partial charge in [0.25, 0.3) is 5.01 Å². The molecule has 1 aliphatic heterocycles. The van der Waals surface area contributed by atoms with Crippen LogP contribution in [0, 0.1) is 0 Å². The molecule has 140 valence electrons. The molecule has 0 spiro atoms. The Morgan fingerprint density at radius 2 is 1.59 bits per heavy atom. The zero-order valence-corrected chi connectivity index (χ0v) is 18.6. The van der Waals surface area contributed by atoms with Crippen LogP contribution in [0.3, 0.4) is 0 Å². The molecular formula is C23H25IN2S. The molecule has 0 saturated carbocycles. The van der Waals surface area contributed by atoms with E-state index in [0.717, 1.165) is 0 Å². The van der Waals surface area contributed by atoms with Crippen molar-refractivity contribution in [3.63, 3.8) is 0 Å². The summed E-state index contributed by atoms with van der Waals surface area (Å²) in [4.78, 5) is 2.50. The average molecular weight is 488 g/mol. The first-order valence-electron chi connectivity index (χ1n) is 9.38. The summed E-state index contributed by atoms with van der Waals surface area (Å²) in [7, 11) is 2.13. The van der Waals surface area contributed by atoms with Crippen molar-refractivity contribution in [1.29, 1.82) is 0 Å². The van der Waals surface area contributed by atoms with E-state index in [1.807, 2.05) is 11.3 Å². The molecule has 0 amide bonds. The fourth-order valence-corrected chi connectivity index (χ4v) is 4.58. The Balaban J connectivity index is 0.00000210. The van der Waals surface area contributed by atoms with Crippen LogP contribution in [0.15, 0.2) is 60.7 Å². The van der Waals surface area contributed by atoms with Crippen molar-refractivity contribution >= 4 is 39.4 Å². The number of rotatable bonds is 4. The Labute approximate surface area is 182 Å². The number of aromatic nitrogens is 1. The lowest BCUT2D eigenvalue weighted by Crippen LogP contribution is -3.00. The highest BCUT2D eigenvalue weighted by Crippen LogP contribution is 2.22. The van der Waals surface area contributed by atoms with Crippen molar-refractivity contribution in [1.82, 2.24) is 0 Å². The van der Waals surface area contributed by atoms with Gasteiger partial charge in [-0.15, -0.1) is 0 Å². The molecule has 1 aromatic heterocycles. The van der Waals surface area contributed by atoms with Crippen molar-refractivity contribution in [2.75, 3.05) is 18.0 Å². The van der Waals surface area contributed by atoms with Gasteiger partial charge < -0.3 is 28.9 Å². The van der Waals surface area contributed by atoms with E-state index in [1.54, 1.807) is 0 Å². The molecule has 0 unspecified atom stereocenters. The quantitative estimate of drug-likeness (QED) is 0.311. The van der Waals surface area contributed by atoms with Crippen molar-refractivity contribution in [2.24, 2.45) is 7.05 Å². The van der Waals surface area contributed by atoms with E-state index >= 15 is 0 Å². The van der Waals surface area contributed by atoms with Crippen molar-refractivity contribution in [3.05, 3.63) is 71.3 Å². The van der Waals surface area contributed by atoms with Crippen LogP contribution >= 0.6 is 11.3 Å². The van der Waals surface area contributed by atoms with E-state index in [0.29, 0.717) is 0 Å². The van der Waals surface area contributed by atoms with Gasteiger partial charge in [0.15, 0.2) is 0 Å². The molecule has 1 saturated heterocycles. The fraction of sp³-hybridized carbons (Fsp3) is 0.261. The maximum absolute atomic E-state index is 2.50. The molecular weight excluding hydrogens is 463 g/mol. The van der Waals surface area contributed by atoms with Gasteiger partial charge in [-0.2, -0.15) is 4.57 Å². The second-order valence-corrected chi connectivity index (χ2v) is 7.89. The van der Waals surface area contributed by atoms with Gasteiger partial charge in [-0.25, -0.2) is 0 Å². The number of aryl methyl sites for hydroxylation is 1. The molecule has 0 atom stereocenters. The topological polar surface area (TPSA) is 7.12 Å². The third-order valence-corrected chi connectivity index (χ3v) is 6.21. The second-order valence-electron chi connectivity index (χ2n) is 6.82. The normalized spacial score (nSPS) is 14.9. The molecule has 0 N–H and O–H groups in total. The highest BCUT2D eigenvalue weighted by molar-refractivity contribution is 7.18. The van der Waals surface area contributed by atoms with Crippen molar-refractivity contribution in [2.45, 2.75) is 19.3 Å². The molecule has 2 heterocycles. The molecule has 3 aromatic rings. The zero-order valence-electron chi connectivity index (χ0n) is 15.6. The number of para-hydroxylation sites is 1. The molecule has 27 heavy (non-hydrogen) atoms. The minimum atomic E-state index is 0. The van der Waals surface area contributed by atoms with Gasteiger partial charge in [-0.05, 0) is 43.0 Å². The average Bonchev–Trinajstić information content (AvgIpc) is 3.02. The number of nitrogens with zero attached hydrogens (tertiary/aromatic N) is 2. The molecule has 0 bridgehead atoms. The Bertz CT molecular complexity index is 935. The number of fused-ring (bicyclic) bond motifs is 1.